The normalized spacial score (nSPS) is 30.8. The van der Waals surface area contributed by atoms with Crippen LogP contribution in [0.5, 0.6) is 0 Å². The van der Waals surface area contributed by atoms with Gasteiger partial charge in [-0.2, -0.15) is 11.3 Å². The van der Waals surface area contributed by atoms with Crippen molar-refractivity contribution < 1.29 is 9.59 Å². The largest absolute Gasteiger partial charge is 0.290 e. The van der Waals surface area contributed by atoms with Gasteiger partial charge in [-0.25, -0.2) is 0 Å². The van der Waals surface area contributed by atoms with E-state index in [1.54, 1.807) is 11.3 Å². The van der Waals surface area contributed by atoms with Crippen molar-refractivity contribution in [3.8, 4) is 0 Å². The molecule has 0 aliphatic heterocycles. The van der Waals surface area contributed by atoms with Crippen LogP contribution in [0.25, 0.3) is 0 Å². The van der Waals surface area contributed by atoms with Gasteiger partial charge >= 0.3 is 0 Å². The van der Waals surface area contributed by atoms with Crippen LogP contribution >= 0.6 is 11.3 Å². The second-order valence-corrected chi connectivity index (χ2v) is 4.44. The van der Waals surface area contributed by atoms with Crippen molar-refractivity contribution >= 4 is 22.9 Å². The maximum atomic E-state index is 11.5. The van der Waals surface area contributed by atoms with E-state index in [1.807, 2.05) is 10.8 Å². The molecule has 1 heterocycles. The number of Topliss-reactive ketones (excluding diaryl/α,β-unsaturated/α-hetero) is 2. The minimum atomic E-state index is -0.151. The summed E-state index contributed by atoms with van der Waals surface area (Å²) in [6.07, 6.45) is 1.75. The first-order valence-corrected chi connectivity index (χ1v) is 5.37. The molecule has 1 fully saturated rings. The fourth-order valence-corrected chi connectivity index (χ4v) is 3.38. The van der Waals surface area contributed by atoms with Gasteiger partial charge in [-0.15, -0.1) is 0 Å². The van der Waals surface area contributed by atoms with Gasteiger partial charge in [-0.1, -0.05) is 0 Å². The van der Waals surface area contributed by atoms with E-state index in [0.29, 0.717) is 0 Å². The Morgan fingerprint density at radius 3 is 1.92 bits per heavy atom. The summed E-state index contributed by atoms with van der Waals surface area (Å²) < 4.78 is 0. The van der Waals surface area contributed by atoms with E-state index in [9.17, 15) is 9.59 Å². The summed E-state index contributed by atoms with van der Waals surface area (Å²) in [5, 5.41) is 4.05. The quantitative estimate of drug-likeness (QED) is 0.588. The Bertz CT molecular complexity index is 368. The van der Waals surface area contributed by atoms with E-state index in [1.165, 1.54) is 0 Å². The van der Waals surface area contributed by atoms with Crippen LogP contribution in [-0.4, -0.2) is 11.6 Å². The molecule has 0 spiro atoms. The van der Waals surface area contributed by atoms with Gasteiger partial charge in [0, 0.05) is 0 Å². The molecule has 3 aliphatic rings. The first-order chi connectivity index (χ1) is 6.29. The van der Waals surface area contributed by atoms with E-state index >= 15 is 0 Å². The average Bonchev–Trinajstić information content (AvgIpc) is 2.61. The molecule has 0 amide bonds. The number of thiophene rings is 1. The maximum Gasteiger partial charge on any atom is 0.206 e. The van der Waals surface area contributed by atoms with Gasteiger partial charge in [-0.05, 0) is 34.7 Å². The molecule has 2 nitrogen and oxygen atoms in total. The number of hydrogen-bond acceptors (Lipinski definition) is 3. The van der Waals surface area contributed by atoms with E-state index in [0.717, 1.165) is 24.0 Å². The highest BCUT2D eigenvalue weighted by atomic mass is 32.1. The smallest absolute Gasteiger partial charge is 0.206 e. The van der Waals surface area contributed by atoms with E-state index in [-0.39, 0.29) is 23.4 Å². The van der Waals surface area contributed by atoms with E-state index in [2.05, 4.69) is 0 Å². The Morgan fingerprint density at radius 1 is 1.00 bits per heavy atom. The van der Waals surface area contributed by atoms with Crippen molar-refractivity contribution in [3.05, 3.63) is 21.9 Å². The third-order valence-electron chi connectivity index (χ3n) is 3.09. The van der Waals surface area contributed by atoms with Crippen LogP contribution in [-0.2, 0) is 9.59 Å². The fourth-order valence-electron chi connectivity index (χ4n) is 2.42. The summed E-state index contributed by atoms with van der Waals surface area (Å²) in [6, 6.07) is 0. The molecule has 0 N–H and O–H groups in total. The Hall–Kier alpha value is -0.960. The van der Waals surface area contributed by atoms with Gasteiger partial charge in [-0.3, -0.25) is 9.59 Å². The molecule has 1 aromatic heterocycles. The zero-order chi connectivity index (χ0) is 9.00. The number of carbonyl (C=O) groups is 2. The maximum absolute atomic E-state index is 11.5. The van der Waals surface area contributed by atoms with Crippen molar-refractivity contribution in [2.45, 2.75) is 24.7 Å². The first kappa shape index (κ1) is 7.44. The average molecular weight is 192 g/mol. The lowest BCUT2D eigenvalue weighted by atomic mass is 9.67. The number of ketones is 2. The van der Waals surface area contributed by atoms with E-state index in [4.69, 9.17) is 0 Å². The Morgan fingerprint density at radius 2 is 1.46 bits per heavy atom. The summed E-state index contributed by atoms with van der Waals surface area (Å²) >= 11 is 1.60. The lowest BCUT2D eigenvalue weighted by Crippen LogP contribution is -2.38. The molecule has 66 valence electrons. The molecule has 3 aliphatic carbocycles. The van der Waals surface area contributed by atoms with Gasteiger partial charge in [0.15, 0.2) is 0 Å². The second kappa shape index (κ2) is 2.29. The van der Waals surface area contributed by atoms with Crippen LogP contribution < -0.4 is 0 Å². The van der Waals surface area contributed by atoms with Crippen LogP contribution in [0.2, 0.25) is 0 Å². The number of hydrogen-bond donors (Lipinski definition) is 0. The molecule has 0 aromatic carbocycles. The SMILES string of the molecule is O=C1C(=O)C2CCC1c1cscc12. The van der Waals surface area contributed by atoms with E-state index < -0.39 is 0 Å². The van der Waals surface area contributed by atoms with Crippen LogP contribution in [0.4, 0.5) is 0 Å². The molecule has 0 radical (unpaired) electrons. The standard InChI is InChI=1S/C10H8O2S/c11-9-5-1-2-6(10(9)12)8-4-13-3-7(5)8/h3-6H,1-2H2. The van der Waals surface area contributed by atoms with Crippen LogP contribution in [0.1, 0.15) is 35.8 Å². The third kappa shape index (κ3) is 0.779. The van der Waals surface area contributed by atoms with Gasteiger partial charge < -0.3 is 0 Å². The highest BCUT2D eigenvalue weighted by Crippen LogP contribution is 2.46. The van der Waals surface area contributed by atoms with Crippen molar-refractivity contribution in [1.29, 1.82) is 0 Å². The molecule has 3 heteroatoms. The topological polar surface area (TPSA) is 34.1 Å². The molecule has 1 saturated carbocycles. The zero-order valence-electron chi connectivity index (χ0n) is 6.95. The van der Waals surface area contributed by atoms with Crippen LogP contribution in [0, 0.1) is 0 Å². The van der Waals surface area contributed by atoms with Gasteiger partial charge in [0.05, 0.1) is 11.8 Å². The first-order valence-electron chi connectivity index (χ1n) is 4.43. The monoisotopic (exact) mass is 192 g/mol. The Kier molecular flexibility index (Phi) is 1.31. The number of fused-ring (bicyclic) bond motifs is 2. The number of rotatable bonds is 0. The van der Waals surface area contributed by atoms with Crippen molar-refractivity contribution in [2.24, 2.45) is 0 Å². The molecule has 2 atom stereocenters. The third-order valence-corrected chi connectivity index (χ3v) is 3.87. The predicted molar refractivity (Wildman–Crippen MR) is 49.0 cm³/mol. The van der Waals surface area contributed by atoms with Crippen molar-refractivity contribution in [1.82, 2.24) is 0 Å². The highest BCUT2D eigenvalue weighted by Gasteiger charge is 2.45. The second-order valence-electron chi connectivity index (χ2n) is 3.69. The lowest BCUT2D eigenvalue weighted by molar-refractivity contribution is -0.141. The minimum Gasteiger partial charge on any atom is -0.290 e. The molecule has 1 aromatic rings. The zero-order valence-corrected chi connectivity index (χ0v) is 7.76. The summed E-state index contributed by atoms with van der Waals surface area (Å²) in [5.41, 5.74) is 2.26. The molecule has 13 heavy (non-hydrogen) atoms. The molecule has 2 unspecified atom stereocenters. The summed E-state index contributed by atoms with van der Waals surface area (Å²) in [4.78, 5) is 23.0. The highest BCUT2D eigenvalue weighted by molar-refractivity contribution is 7.08. The minimum absolute atomic E-state index is 0.0984. The fraction of sp³-hybridized carbons (Fsp3) is 0.400. The van der Waals surface area contributed by atoms with Gasteiger partial charge in [0.25, 0.3) is 0 Å². The van der Waals surface area contributed by atoms with Crippen LogP contribution in [0.15, 0.2) is 10.8 Å². The summed E-state index contributed by atoms with van der Waals surface area (Å²) in [7, 11) is 0. The summed E-state index contributed by atoms with van der Waals surface area (Å²) in [5.74, 6) is -0.498. The molecular formula is C10H8O2S. The molecular weight excluding hydrogens is 184 g/mol. The summed E-state index contributed by atoms with van der Waals surface area (Å²) in [6.45, 7) is 0. The lowest BCUT2D eigenvalue weighted by Gasteiger charge is -2.33. The molecule has 2 bridgehead atoms. The number of carbonyl (C=O) groups excluding carboxylic acids is 2. The Labute approximate surface area is 79.6 Å². The van der Waals surface area contributed by atoms with Gasteiger partial charge in [0.1, 0.15) is 0 Å². The predicted octanol–water partition coefficient (Wildman–Crippen LogP) is 1.86. The Balaban J connectivity index is 2.27. The van der Waals surface area contributed by atoms with Crippen molar-refractivity contribution in [2.75, 3.05) is 0 Å². The van der Waals surface area contributed by atoms with Gasteiger partial charge in [0.2, 0.25) is 11.6 Å². The van der Waals surface area contributed by atoms with Crippen molar-refractivity contribution in [3.63, 3.8) is 0 Å². The van der Waals surface area contributed by atoms with Crippen LogP contribution in [0.3, 0.4) is 0 Å². The molecule has 0 saturated heterocycles. The molecule has 4 rings (SSSR count).